The standard InChI is InChI=1S/C9H9FO2/c1-6-3-4-7(8(10)5-6)9(11)12-2/h3-5H,1-2H3. The largest absolute Gasteiger partial charge is 0.465 e. The molecule has 0 atom stereocenters. The van der Waals surface area contributed by atoms with Crippen molar-refractivity contribution >= 4 is 5.97 Å². The topological polar surface area (TPSA) is 26.3 Å². The fraction of sp³-hybridized carbons (Fsp3) is 0.222. The van der Waals surface area contributed by atoms with E-state index in [1.807, 2.05) is 0 Å². The lowest BCUT2D eigenvalue weighted by Gasteiger charge is -2.00. The van der Waals surface area contributed by atoms with Gasteiger partial charge >= 0.3 is 5.97 Å². The predicted octanol–water partition coefficient (Wildman–Crippen LogP) is 1.92. The highest BCUT2D eigenvalue weighted by Gasteiger charge is 2.10. The quantitative estimate of drug-likeness (QED) is 0.599. The van der Waals surface area contributed by atoms with Crippen molar-refractivity contribution in [2.24, 2.45) is 0 Å². The molecule has 0 saturated heterocycles. The van der Waals surface area contributed by atoms with Gasteiger partial charge in [-0.05, 0) is 24.6 Å². The molecular formula is C9H9FO2. The molecule has 0 fully saturated rings. The summed E-state index contributed by atoms with van der Waals surface area (Å²) in [4.78, 5) is 10.9. The maximum absolute atomic E-state index is 13.0. The Kier molecular flexibility index (Phi) is 2.43. The number of methoxy groups -OCH3 is 1. The van der Waals surface area contributed by atoms with E-state index in [1.165, 1.54) is 19.2 Å². The van der Waals surface area contributed by atoms with E-state index in [0.717, 1.165) is 5.56 Å². The third-order valence-corrected chi connectivity index (χ3v) is 1.53. The van der Waals surface area contributed by atoms with Crippen LogP contribution < -0.4 is 0 Å². The molecule has 0 radical (unpaired) electrons. The maximum atomic E-state index is 13.0. The third kappa shape index (κ3) is 1.61. The molecule has 0 bridgehead atoms. The summed E-state index contributed by atoms with van der Waals surface area (Å²) >= 11 is 0. The second kappa shape index (κ2) is 3.34. The second-order valence-corrected chi connectivity index (χ2v) is 2.47. The van der Waals surface area contributed by atoms with Gasteiger partial charge in [-0.3, -0.25) is 0 Å². The Hall–Kier alpha value is -1.38. The van der Waals surface area contributed by atoms with Crippen molar-refractivity contribution in [1.29, 1.82) is 0 Å². The summed E-state index contributed by atoms with van der Waals surface area (Å²) in [7, 11) is 1.22. The minimum absolute atomic E-state index is 0.0249. The first kappa shape index (κ1) is 8.71. The van der Waals surface area contributed by atoms with Crippen molar-refractivity contribution < 1.29 is 13.9 Å². The highest BCUT2D eigenvalue weighted by molar-refractivity contribution is 5.89. The van der Waals surface area contributed by atoms with Crippen LogP contribution >= 0.6 is 0 Å². The summed E-state index contributed by atoms with van der Waals surface area (Å²) in [6, 6.07) is 4.37. The number of hydrogen-bond donors (Lipinski definition) is 0. The van der Waals surface area contributed by atoms with E-state index >= 15 is 0 Å². The number of halogens is 1. The summed E-state index contributed by atoms with van der Waals surface area (Å²) in [5, 5.41) is 0. The van der Waals surface area contributed by atoms with Crippen molar-refractivity contribution in [2.75, 3.05) is 7.11 Å². The molecule has 0 amide bonds. The van der Waals surface area contributed by atoms with Crippen LogP contribution in [0, 0.1) is 12.7 Å². The maximum Gasteiger partial charge on any atom is 0.340 e. The summed E-state index contributed by atoms with van der Waals surface area (Å²) in [6.45, 7) is 1.75. The summed E-state index contributed by atoms with van der Waals surface area (Å²) in [5.41, 5.74) is 0.753. The van der Waals surface area contributed by atoms with Gasteiger partial charge in [0.05, 0.1) is 12.7 Å². The van der Waals surface area contributed by atoms with Gasteiger partial charge in [-0.25, -0.2) is 9.18 Å². The third-order valence-electron chi connectivity index (χ3n) is 1.53. The Morgan fingerprint density at radius 1 is 1.50 bits per heavy atom. The number of benzene rings is 1. The van der Waals surface area contributed by atoms with E-state index in [0.29, 0.717) is 0 Å². The molecule has 0 spiro atoms. The Morgan fingerprint density at radius 2 is 2.17 bits per heavy atom. The van der Waals surface area contributed by atoms with E-state index in [4.69, 9.17) is 0 Å². The van der Waals surface area contributed by atoms with Crippen LogP contribution in [0.2, 0.25) is 0 Å². The summed E-state index contributed by atoms with van der Waals surface area (Å²) < 4.78 is 17.4. The van der Waals surface area contributed by atoms with E-state index in [1.54, 1.807) is 13.0 Å². The zero-order valence-electron chi connectivity index (χ0n) is 6.93. The van der Waals surface area contributed by atoms with E-state index < -0.39 is 11.8 Å². The number of ether oxygens (including phenoxy) is 1. The van der Waals surface area contributed by atoms with E-state index in [2.05, 4.69) is 4.74 Å². The van der Waals surface area contributed by atoms with Crippen LogP contribution in [0.5, 0.6) is 0 Å². The highest BCUT2D eigenvalue weighted by Crippen LogP contribution is 2.10. The SMILES string of the molecule is COC(=O)c1ccc(C)cc1F. The minimum Gasteiger partial charge on any atom is -0.465 e. The lowest BCUT2D eigenvalue weighted by atomic mass is 10.1. The first-order valence-corrected chi connectivity index (χ1v) is 3.49. The zero-order chi connectivity index (χ0) is 9.14. The van der Waals surface area contributed by atoms with Crippen LogP contribution in [0.4, 0.5) is 4.39 Å². The molecule has 1 rings (SSSR count). The van der Waals surface area contributed by atoms with Crippen LogP contribution in [0.3, 0.4) is 0 Å². The smallest absolute Gasteiger partial charge is 0.340 e. The number of hydrogen-bond acceptors (Lipinski definition) is 2. The number of aryl methyl sites for hydroxylation is 1. The van der Waals surface area contributed by atoms with Crippen LogP contribution in [0.1, 0.15) is 15.9 Å². The molecule has 1 aromatic rings. The lowest BCUT2D eigenvalue weighted by molar-refractivity contribution is 0.0595. The Labute approximate surface area is 70.0 Å². The highest BCUT2D eigenvalue weighted by atomic mass is 19.1. The van der Waals surface area contributed by atoms with Crippen molar-refractivity contribution in [1.82, 2.24) is 0 Å². The fourth-order valence-corrected chi connectivity index (χ4v) is 0.896. The molecule has 0 unspecified atom stereocenters. The lowest BCUT2D eigenvalue weighted by Crippen LogP contribution is -2.04. The number of esters is 1. The zero-order valence-corrected chi connectivity index (χ0v) is 6.93. The molecule has 3 heteroatoms. The average molecular weight is 168 g/mol. The first-order valence-electron chi connectivity index (χ1n) is 3.49. The average Bonchev–Trinajstić information content (AvgIpc) is 2.03. The van der Waals surface area contributed by atoms with Gasteiger partial charge in [-0.2, -0.15) is 0 Å². The number of carbonyl (C=O) groups is 1. The van der Waals surface area contributed by atoms with Gasteiger partial charge in [0.15, 0.2) is 0 Å². The predicted molar refractivity (Wildman–Crippen MR) is 42.5 cm³/mol. The molecule has 64 valence electrons. The molecule has 0 aliphatic heterocycles. The molecule has 0 heterocycles. The monoisotopic (exact) mass is 168 g/mol. The number of carbonyl (C=O) groups excluding carboxylic acids is 1. The van der Waals surface area contributed by atoms with Gasteiger partial charge in [0.25, 0.3) is 0 Å². The van der Waals surface area contributed by atoms with Crippen molar-refractivity contribution in [3.8, 4) is 0 Å². The molecular weight excluding hydrogens is 159 g/mol. The van der Waals surface area contributed by atoms with Gasteiger partial charge in [-0.15, -0.1) is 0 Å². The molecule has 0 aliphatic carbocycles. The second-order valence-electron chi connectivity index (χ2n) is 2.47. The normalized spacial score (nSPS) is 9.58. The Bertz CT molecular complexity index is 307. The van der Waals surface area contributed by atoms with Gasteiger partial charge in [0, 0.05) is 0 Å². The first-order chi connectivity index (χ1) is 5.65. The van der Waals surface area contributed by atoms with Gasteiger partial charge < -0.3 is 4.74 Å². The minimum atomic E-state index is -0.646. The molecule has 0 aromatic heterocycles. The fourth-order valence-electron chi connectivity index (χ4n) is 0.896. The molecule has 12 heavy (non-hydrogen) atoms. The molecule has 0 aliphatic rings. The van der Waals surface area contributed by atoms with Crippen molar-refractivity contribution in [2.45, 2.75) is 6.92 Å². The van der Waals surface area contributed by atoms with Crippen LogP contribution in [-0.4, -0.2) is 13.1 Å². The van der Waals surface area contributed by atoms with Gasteiger partial charge in [0.2, 0.25) is 0 Å². The molecule has 2 nitrogen and oxygen atoms in total. The summed E-state index contributed by atoms with van der Waals surface area (Å²) in [6.07, 6.45) is 0. The Balaban J connectivity index is 3.09. The summed E-state index contributed by atoms with van der Waals surface area (Å²) in [5.74, 6) is -1.19. The molecule has 0 saturated carbocycles. The van der Waals surface area contributed by atoms with Gasteiger partial charge in [-0.1, -0.05) is 6.07 Å². The van der Waals surface area contributed by atoms with Crippen molar-refractivity contribution in [3.63, 3.8) is 0 Å². The molecule has 0 N–H and O–H groups in total. The van der Waals surface area contributed by atoms with E-state index in [-0.39, 0.29) is 5.56 Å². The van der Waals surface area contributed by atoms with E-state index in [9.17, 15) is 9.18 Å². The number of rotatable bonds is 1. The Morgan fingerprint density at radius 3 is 2.67 bits per heavy atom. The van der Waals surface area contributed by atoms with Crippen molar-refractivity contribution in [3.05, 3.63) is 35.1 Å². The van der Waals surface area contributed by atoms with Gasteiger partial charge in [0.1, 0.15) is 5.82 Å². The van der Waals surface area contributed by atoms with Crippen LogP contribution in [-0.2, 0) is 4.74 Å². The molecule has 1 aromatic carbocycles. The van der Waals surface area contributed by atoms with Crippen LogP contribution in [0.15, 0.2) is 18.2 Å². The van der Waals surface area contributed by atoms with Crippen LogP contribution in [0.25, 0.3) is 0 Å².